The number of amides is 1. The van der Waals surface area contributed by atoms with Crippen molar-refractivity contribution < 1.29 is 9.53 Å². The SMILES string of the molecule is CO[C@@H]1CCC[C@H](C(=O)N2CCC(c3cc4cccnc4c(=O)[nH]3)CC2)C1. The molecule has 0 aromatic carbocycles. The van der Waals surface area contributed by atoms with E-state index in [1.165, 1.54) is 0 Å². The van der Waals surface area contributed by atoms with Gasteiger partial charge in [-0.3, -0.25) is 14.6 Å². The van der Waals surface area contributed by atoms with Crippen molar-refractivity contribution in [3.63, 3.8) is 0 Å². The fourth-order valence-corrected chi connectivity index (χ4v) is 4.59. The smallest absolute Gasteiger partial charge is 0.274 e. The van der Waals surface area contributed by atoms with E-state index in [1.807, 2.05) is 23.1 Å². The third-order valence-electron chi connectivity index (χ3n) is 6.18. The van der Waals surface area contributed by atoms with E-state index in [-0.39, 0.29) is 29.4 Å². The number of carbonyl (C=O) groups is 1. The molecule has 2 aliphatic rings. The number of likely N-dealkylation sites (tertiary alicyclic amines) is 1. The maximum Gasteiger partial charge on any atom is 0.274 e. The van der Waals surface area contributed by atoms with Crippen LogP contribution < -0.4 is 5.56 Å². The lowest BCUT2D eigenvalue weighted by molar-refractivity contribution is -0.139. The topological polar surface area (TPSA) is 75.3 Å². The minimum Gasteiger partial charge on any atom is -0.381 e. The summed E-state index contributed by atoms with van der Waals surface area (Å²) in [5, 5.41) is 0.877. The fourth-order valence-electron chi connectivity index (χ4n) is 4.59. The molecule has 2 aromatic rings. The summed E-state index contributed by atoms with van der Waals surface area (Å²) < 4.78 is 5.47. The Morgan fingerprint density at radius 1 is 1.26 bits per heavy atom. The minimum absolute atomic E-state index is 0.104. The Morgan fingerprint density at radius 3 is 2.85 bits per heavy atom. The molecule has 2 atom stereocenters. The lowest BCUT2D eigenvalue weighted by Gasteiger charge is -2.36. The number of nitrogens with one attached hydrogen (secondary N) is 1. The maximum atomic E-state index is 12.9. The fraction of sp³-hybridized carbons (Fsp3) is 0.571. The van der Waals surface area contributed by atoms with Crippen LogP contribution in [-0.2, 0) is 9.53 Å². The van der Waals surface area contributed by atoms with Crippen LogP contribution in [0.3, 0.4) is 0 Å². The van der Waals surface area contributed by atoms with Gasteiger partial charge in [-0.2, -0.15) is 0 Å². The molecule has 1 saturated heterocycles. The van der Waals surface area contributed by atoms with Gasteiger partial charge in [0.05, 0.1) is 6.10 Å². The van der Waals surface area contributed by atoms with Gasteiger partial charge in [0, 0.05) is 49.3 Å². The highest BCUT2D eigenvalue weighted by Crippen LogP contribution is 2.31. The van der Waals surface area contributed by atoms with Crippen molar-refractivity contribution in [2.24, 2.45) is 5.92 Å². The lowest BCUT2D eigenvalue weighted by Crippen LogP contribution is -2.43. The zero-order valence-electron chi connectivity index (χ0n) is 15.8. The number of methoxy groups -OCH3 is 1. The first-order valence-corrected chi connectivity index (χ1v) is 9.95. The van der Waals surface area contributed by atoms with Gasteiger partial charge in [0.2, 0.25) is 5.91 Å². The van der Waals surface area contributed by atoms with Gasteiger partial charge in [-0.1, -0.05) is 12.5 Å². The van der Waals surface area contributed by atoms with E-state index < -0.39 is 0 Å². The summed E-state index contributed by atoms with van der Waals surface area (Å²) in [5.41, 5.74) is 1.32. The van der Waals surface area contributed by atoms with Gasteiger partial charge in [0.15, 0.2) is 0 Å². The molecule has 2 fully saturated rings. The molecule has 1 amide bonds. The second-order valence-electron chi connectivity index (χ2n) is 7.82. The van der Waals surface area contributed by atoms with Crippen LogP contribution in [-0.4, -0.2) is 47.1 Å². The van der Waals surface area contributed by atoms with Crippen LogP contribution in [0.1, 0.15) is 50.1 Å². The first-order valence-electron chi connectivity index (χ1n) is 9.95. The highest BCUT2D eigenvalue weighted by Gasteiger charge is 2.32. The van der Waals surface area contributed by atoms with Gasteiger partial charge in [0.1, 0.15) is 5.52 Å². The average molecular weight is 369 g/mol. The molecule has 1 N–H and O–H groups in total. The number of nitrogens with zero attached hydrogens (tertiary/aromatic N) is 2. The zero-order chi connectivity index (χ0) is 18.8. The molecule has 6 nitrogen and oxygen atoms in total. The zero-order valence-corrected chi connectivity index (χ0v) is 15.8. The lowest BCUT2D eigenvalue weighted by atomic mass is 9.85. The normalized spacial score (nSPS) is 24.3. The van der Waals surface area contributed by atoms with E-state index in [1.54, 1.807) is 13.3 Å². The number of aromatic amines is 1. The minimum atomic E-state index is -0.130. The van der Waals surface area contributed by atoms with E-state index in [4.69, 9.17) is 4.74 Å². The molecular formula is C21H27N3O3. The molecule has 2 aromatic heterocycles. The van der Waals surface area contributed by atoms with Crippen molar-refractivity contribution in [3.8, 4) is 0 Å². The van der Waals surface area contributed by atoms with Crippen LogP contribution in [0, 0.1) is 5.92 Å². The molecule has 3 heterocycles. The molecule has 0 radical (unpaired) electrons. The Morgan fingerprint density at radius 2 is 2.07 bits per heavy atom. The Hall–Kier alpha value is -2.21. The van der Waals surface area contributed by atoms with Gasteiger partial charge in [-0.05, 0) is 44.2 Å². The number of H-pyrrole nitrogens is 1. The number of pyridine rings is 2. The number of aromatic nitrogens is 2. The predicted molar refractivity (Wildman–Crippen MR) is 104 cm³/mol. The van der Waals surface area contributed by atoms with Gasteiger partial charge < -0.3 is 14.6 Å². The average Bonchev–Trinajstić information content (AvgIpc) is 2.73. The van der Waals surface area contributed by atoms with Crippen molar-refractivity contribution in [1.82, 2.24) is 14.9 Å². The molecule has 6 heteroatoms. The van der Waals surface area contributed by atoms with Crippen LogP contribution in [0.5, 0.6) is 0 Å². The summed E-state index contributed by atoms with van der Waals surface area (Å²) in [5.74, 6) is 0.669. The third kappa shape index (κ3) is 3.76. The Labute approximate surface area is 158 Å². The standard InChI is InChI=1S/C21H27N3O3/c1-27-17-6-2-4-16(12-17)21(26)24-10-7-14(8-11-24)18-13-15-5-3-9-22-19(15)20(25)23-18/h3,5,9,13-14,16-17H,2,4,6-8,10-12H2,1H3,(H,23,25)/t16-,17+/m0/s1. The van der Waals surface area contributed by atoms with Crippen LogP contribution in [0.4, 0.5) is 0 Å². The summed E-state index contributed by atoms with van der Waals surface area (Å²) in [6.45, 7) is 1.51. The Kier molecular flexibility index (Phi) is 5.25. The highest BCUT2D eigenvalue weighted by molar-refractivity contribution is 5.79. The molecule has 1 aliphatic carbocycles. The molecule has 1 aliphatic heterocycles. The van der Waals surface area contributed by atoms with Crippen LogP contribution >= 0.6 is 0 Å². The summed E-state index contributed by atoms with van der Waals surface area (Å²) in [4.78, 5) is 34.4. The predicted octanol–water partition coefficient (Wildman–Crippen LogP) is 2.83. The van der Waals surface area contributed by atoms with Gasteiger partial charge in [-0.25, -0.2) is 0 Å². The van der Waals surface area contributed by atoms with Crippen molar-refractivity contribution in [1.29, 1.82) is 0 Å². The van der Waals surface area contributed by atoms with Gasteiger partial charge >= 0.3 is 0 Å². The largest absolute Gasteiger partial charge is 0.381 e. The number of carbonyl (C=O) groups excluding carboxylic acids is 1. The summed E-state index contributed by atoms with van der Waals surface area (Å²) in [7, 11) is 1.74. The summed E-state index contributed by atoms with van der Waals surface area (Å²) in [6.07, 6.45) is 7.58. The van der Waals surface area contributed by atoms with E-state index in [9.17, 15) is 9.59 Å². The van der Waals surface area contributed by atoms with Crippen molar-refractivity contribution in [2.75, 3.05) is 20.2 Å². The van der Waals surface area contributed by atoms with Gasteiger partial charge in [-0.15, -0.1) is 0 Å². The van der Waals surface area contributed by atoms with E-state index >= 15 is 0 Å². The number of hydrogen-bond acceptors (Lipinski definition) is 4. The second kappa shape index (κ2) is 7.80. The number of rotatable bonds is 3. The van der Waals surface area contributed by atoms with E-state index in [0.717, 1.165) is 62.7 Å². The first kappa shape index (κ1) is 18.2. The van der Waals surface area contributed by atoms with Crippen LogP contribution in [0.2, 0.25) is 0 Å². The number of fused-ring (bicyclic) bond motifs is 1. The third-order valence-corrected chi connectivity index (χ3v) is 6.18. The van der Waals surface area contributed by atoms with E-state index in [2.05, 4.69) is 9.97 Å². The molecule has 0 spiro atoms. The molecule has 0 unspecified atom stereocenters. The quantitative estimate of drug-likeness (QED) is 0.903. The number of hydrogen-bond donors (Lipinski definition) is 1. The van der Waals surface area contributed by atoms with Crippen molar-refractivity contribution in [2.45, 2.75) is 50.5 Å². The second-order valence-corrected chi connectivity index (χ2v) is 7.82. The Bertz CT molecular complexity index is 870. The molecular weight excluding hydrogens is 342 g/mol. The molecule has 0 bridgehead atoms. The summed E-state index contributed by atoms with van der Waals surface area (Å²) >= 11 is 0. The monoisotopic (exact) mass is 369 g/mol. The maximum absolute atomic E-state index is 12.9. The van der Waals surface area contributed by atoms with Gasteiger partial charge in [0.25, 0.3) is 5.56 Å². The highest BCUT2D eigenvalue weighted by atomic mass is 16.5. The molecule has 27 heavy (non-hydrogen) atoms. The summed E-state index contributed by atoms with van der Waals surface area (Å²) in [6, 6.07) is 5.81. The van der Waals surface area contributed by atoms with Crippen LogP contribution in [0.15, 0.2) is 29.2 Å². The molecule has 144 valence electrons. The molecule has 4 rings (SSSR count). The van der Waals surface area contributed by atoms with Crippen molar-refractivity contribution in [3.05, 3.63) is 40.4 Å². The number of piperidine rings is 1. The first-order chi connectivity index (χ1) is 13.2. The molecule has 1 saturated carbocycles. The van der Waals surface area contributed by atoms with E-state index in [0.29, 0.717) is 5.52 Å². The number of ether oxygens (including phenoxy) is 1. The Balaban J connectivity index is 1.42. The van der Waals surface area contributed by atoms with Crippen LogP contribution in [0.25, 0.3) is 10.9 Å². The van der Waals surface area contributed by atoms with Crippen molar-refractivity contribution >= 4 is 16.8 Å².